The number of sulfone groups is 1. The van der Waals surface area contributed by atoms with Gasteiger partial charge in [0.05, 0.1) is 11.4 Å². The first-order valence-corrected chi connectivity index (χ1v) is 7.55. The zero-order valence-corrected chi connectivity index (χ0v) is 11.2. The third-order valence-corrected chi connectivity index (χ3v) is 4.75. The zero-order valence-electron chi connectivity index (χ0n) is 10.4. The number of halogens is 1. The minimum Gasteiger partial charge on any atom is -0.391 e. The molecule has 102 valence electrons. The molecule has 0 aliphatic carbocycles. The number of hydrogen-bond donors (Lipinski definition) is 2. The third kappa shape index (κ3) is 3.51. The van der Waals surface area contributed by atoms with E-state index in [0.29, 0.717) is 5.56 Å². The van der Waals surface area contributed by atoms with Crippen LogP contribution in [-0.4, -0.2) is 37.7 Å². The van der Waals surface area contributed by atoms with Crippen LogP contribution in [0, 0.1) is 5.82 Å². The van der Waals surface area contributed by atoms with Crippen LogP contribution in [0.15, 0.2) is 24.3 Å². The lowest BCUT2D eigenvalue weighted by Crippen LogP contribution is -2.38. The smallest absolute Gasteiger partial charge is 0.152 e. The fraction of sp³-hybridized carbons (Fsp3) is 0.500. The number of hydrogen-bond acceptors (Lipinski definition) is 4. The summed E-state index contributed by atoms with van der Waals surface area (Å²) in [7, 11) is -3.35. The summed E-state index contributed by atoms with van der Waals surface area (Å²) in [4.78, 5) is 0. The van der Waals surface area contributed by atoms with Crippen LogP contribution in [0.5, 0.6) is 0 Å². The first-order valence-electron chi connectivity index (χ1n) is 5.60. The summed E-state index contributed by atoms with van der Waals surface area (Å²) in [5.74, 6) is -0.921. The molecule has 3 unspecified atom stereocenters. The SMILES string of the molecule is CC(C(O)C(CN)c1ccc(F)cc1)S(C)(=O)=O. The molecule has 0 saturated carbocycles. The molecule has 0 heterocycles. The monoisotopic (exact) mass is 275 g/mol. The van der Waals surface area contributed by atoms with E-state index < -0.39 is 27.1 Å². The summed E-state index contributed by atoms with van der Waals surface area (Å²) in [5.41, 5.74) is 6.20. The Labute approximate surface area is 107 Å². The fourth-order valence-electron chi connectivity index (χ4n) is 1.76. The molecule has 0 aromatic heterocycles. The second-order valence-electron chi connectivity index (χ2n) is 4.42. The molecule has 6 heteroatoms. The second-order valence-corrected chi connectivity index (χ2v) is 6.82. The van der Waals surface area contributed by atoms with E-state index in [9.17, 15) is 17.9 Å². The van der Waals surface area contributed by atoms with Gasteiger partial charge in [0.25, 0.3) is 0 Å². The molecule has 3 N–H and O–H groups in total. The molecule has 0 aliphatic heterocycles. The van der Waals surface area contributed by atoms with Crippen molar-refractivity contribution in [1.82, 2.24) is 0 Å². The van der Waals surface area contributed by atoms with E-state index in [1.165, 1.54) is 31.2 Å². The standard InChI is InChI=1S/C12H18FNO3S/c1-8(18(2,16)17)12(15)11(7-14)9-3-5-10(13)6-4-9/h3-6,8,11-12,15H,7,14H2,1-2H3. The minimum atomic E-state index is -3.35. The summed E-state index contributed by atoms with van der Waals surface area (Å²) >= 11 is 0. The quantitative estimate of drug-likeness (QED) is 0.827. The topological polar surface area (TPSA) is 80.4 Å². The van der Waals surface area contributed by atoms with Crippen LogP contribution in [0.3, 0.4) is 0 Å². The Hall–Kier alpha value is -0.980. The van der Waals surface area contributed by atoms with Crippen LogP contribution in [0.25, 0.3) is 0 Å². The highest BCUT2D eigenvalue weighted by atomic mass is 32.2. The number of nitrogens with two attached hydrogens (primary N) is 1. The van der Waals surface area contributed by atoms with Crippen molar-refractivity contribution in [3.05, 3.63) is 35.6 Å². The van der Waals surface area contributed by atoms with Gasteiger partial charge in [-0.2, -0.15) is 0 Å². The molecular formula is C12H18FNO3S. The van der Waals surface area contributed by atoms with E-state index in [1.54, 1.807) is 0 Å². The average Bonchev–Trinajstić information content (AvgIpc) is 2.30. The van der Waals surface area contributed by atoms with E-state index >= 15 is 0 Å². The summed E-state index contributed by atoms with van der Waals surface area (Å²) in [6.07, 6.45) is -0.0467. The molecule has 0 radical (unpaired) electrons. The molecule has 1 aromatic rings. The maximum atomic E-state index is 12.8. The summed E-state index contributed by atoms with van der Waals surface area (Å²) < 4.78 is 35.6. The Morgan fingerprint density at radius 2 is 1.83 bits per heavy atom. The van der Waals surface area contributed by atoms with Gasteiger partial charge in [0.1, 0.15) is 5.82 Å². The lowest BCUT2D eigenvalue weighted by Gasteiger charge is -2.26. The van der Waals surface area contributed by atoms with Crippen molar-refractivity contribution < 1.29 is 17.9 Å². The van der Waals surface area contributed by atoms with Gasteiger partial charge in [-0.1, -0.05) is 12.1 Å². The maximum Gasteiger partial charge on any atom is 0.152 e. The summed E-state index contributed by atoms with van der Waals surface area (Å²) in [6.45, 7) is 1.53. The van der Waals surface area contributed by atoms with E-state index in [0.717, 1.165) is 6.26 Å². The largest absolute Gasteiger partial charge is 0.391 e. The predicted octanol–water partition coefficient (Wildman–Crippen LogP) is 0.662. The van der Waals surface area contributed by atoms with Gasteiger partial charge in [-0.05, 0) is 24.6 Å². The molecule has 1 rings (SSSR count). The Bertz CT molecular complexity index is 487. The Morgan fingerprint density at radius 1 is 1.33 bits per heavy atom. The lowest BCUT2D eigenvalue weighted by molar-refractivity contribution is 0.144. The average molecular weight is 275 g/mol. The van der Waals surface area contributed by atoms with Gasteiger partial charge < -0.3 is 10.8 Å². The highest BCUT2D eigenvalue weighted by Gasteiger charge is 2.31. The number of rotatable bonds is 5. The third-order valence-electron chi connectivity index (χ3n) is 3.12. The molecule has 0 fully saturated rings. The van der Waals surface area contributed by atoms with Crippen LogP contribution in [0.2, 0.25) is 0 Å². The van der Waals surface area contributed by atoms with Crippen molar-refractivity contribution >= 4 is 9.84 Å². The summed E-state index contributed by atoms with van der Waals surface area (Å²) in [6, 6.07) is 5.53. The van der Waals surface area contributed by atoms with E-state index in [2.05, 4.69) is 0 Å². The van der Waals surface area contributed by atoms with Gasteiger partial charge in [-0.25, -0.2) is 12.8 Å². The Kier molecular flexibility index (Phi) is 4.84. The minimum absolute atomic E-state index is 0.0899. The molecule has 4 nitrogen and oxygen atoms in total. The predicted molar refractivity (Wildman–Crippen MR) is 68.5 cm³/mol. The van der Waals surface area contributed by atoms with Crippen LogP contribution >= 0.6 is 0 Å². The highest BCUT2D eigenvalue weighted by molar-refractivity contribution is 7.91. The van der Waals surface area contributed by atoms with Crippen LogP contribution in [0.1, 0.15) is 18.4 Å². The van der Waals surface area contributed by atoms with Gasteiger partial charge in [-0.3, -0.25) is 0 Å². The molecule has 1 aromatic carbocycles. The molecule has 18 heavy (non-hydrogen) atoms. The number of benzene rings is 1. The van der Waals surface area contributed by atoms with Crippen LogP contribution in [-0.2, 0) is 9.84 Å². The Balaban J connectivity index is 3.00. The van der Waals surface area contributed by atoms with Crippen molar-refractivity contribution in [3.63, 3.8) is 0 Å². The molecular weight excluding hydrogens is 257 g/mol. The van der Waals surface area contributed by atoms with Crippen molar-refractivity contribution in [2.45, 2.75) is 24.2 Å². The van der Waals surface area contributed by atoms with Gasteiger partial charge in [0.15, 0.2) is 9.84 Å². The molecule has 0 aliphatic rings. The normalized spacial score (nSPS) is 17.2. The van der Waals surface area contributed by atoms with Gasteiger partial charge in [0, 0.05) is 18.7 Å². The lowest BCUT2D eigenvalue weighted by atomic mass is 9.92. The maximum absolute atomic E-state index is 12.8. The first kappa shape index (κ1) is 15.1. The number of aliphatic hydroxyl groups excluding tert-OH is 1. The van der Waals surface area contributed by atoms with Crippen LogP contribution < -0.4 is 5.73 Å². The van der Waals surface area contributed by atoms with Crippen molar-refractivity contribution in [1.29, 1.82) is 0 Å². The highest BCUT2D eigenvalue weighted by Crippen LogP contribution is 2.23. The van der Waals surface area contributed by atoms with Gasteiger partial charge in [-0.15, -0.1) is 0 Å². The van der Waals surface area contributed by atoms with E-state index in [4.69, 9.17) is 5.73 Å². The van der Waals surface area contributed by atoms with Gasteiger partial charge >= 0.3 is 0 Å². The molecule has 0 amide bonds. The van der Waals surface area contributed by atoms with Crippen molar-refractivity contribution in [3.8, 4) is 0 Å². The van der Waals surface area contributed by atoms with E-state index in [1.807, 2.05) is 0 Å². The van der Waals surface area contributed by atoms with Crippen molar-refractivity contribution in [2.75, 3.05) is 12.8 Å². The zero-order chi connectivity index (χ0) is 13.9. The van der Waals surface area contributed by atoms with Crippen molar-refractivity contribution in [2.24, 2.45) is 5.73 Å². The molecule has 0 saturated heterocycles. The first-order chi connectivity index (χ1) is 8.27. The fourth-order valence-corrected chi connectivity index (χ4v) is 2.46. The molecule has 3 atom stereocenters. The molecule has 0 bridgehead atoms. The van der Waals surface area contributed by atoms with E-state index in [-0.39, 0.29) is 12.4 Å². The second kappa shape index (κ2) is 5.77. The van der Waals surface area contributed by atoms with Gasteiger partial charge in [0.2, 0.25) is 0 Å². The summed E-state index contributed by atoms with van der Waals surface area (Å²) in [5, 5.41) is 9.16. The van der Waals surface area contributed by atoms with Crippen LogP contribution in [0.4, 0.5) is 4.39 Å². The number of aliphatic hydroxyl groups is 1. The molecule has 0 spiro atoms. The Morgan fingerprint density at radius 3 is 2.22 bits per heavy atom.